The Bertz CT molecular complexity index is 1200. The van der Waals surface area contributed by atoms with E-state index < -0.39 is 27.9 Å². The van der Waals surface area contributed by atoms with E-state index in [1.807, 2.05) is 13.8 Å². The average molecular weight is 506 g/mol. The highest BCUT2D eigenvalue weighted by Crippen LogP contribution is 2.30. The van der Waals surface area contributed by atoms with Crippen LogP contribution in [-0.2, 0) is 26.2 Å². The molecule has 34 heavy (non-hydrogen) atoms. The molecule has 10 heteroatoms. The van der Waals surface area contributed by atoms with Gasteiger partial charge in [-0.25, -0.2) is 12.7 Å². The van der Waals surface area contributed by atoms with E-state index in [9.17, 15) is 22.8 Å². The molecule has 0 unspecified atom stereocenters. The molecule has 8 nitrogen and oxygen atoms in total. The largest absolute Gasteiger partial charge is 0.354 e. The molecule has 0 aromatic heterocycles. The summed E-state index contributed by atoms with van der Waals surface area (Å²) >= 11 is 6.28. The van der Waals surface area contributed by atoms with E-state index >= 15 is 0 Å². The molecule has 1 atom stereocenters. The fourth-order valence-electron chi connectivity index (χ4n) is 3.64. The minimum Gasteiger partial charge on any atom is -0.354 e. The van der Waals surface area contributed by atoms with Crippen LogP contribution in [0.1, 0.15) is 43.1 Å². The standard InChI is InChI=1S/C24H28ClN3O5S/c1-16(2)14-26-23(30)17(3)27(15-18-8-4-6-10-20(18)25)22(29)12-13-28-24(31)19-9-5-7-11-21(19)34(28,32)33/h4-11,16-17H,12-15H2,1-3H3,(H,26,30)/t17-/m0/s1. The smallest absolute Gasteiger partial charge is 0.269 e. The number of benzene rings is 2. The van der Waals surface area contributed by atoms with E-state index in [0.29, 0.717) is 21.4 Å². The zero-order valence-electron chi connectivity index (χ0n) is 19.3. The third kappa shape index (κ3) is 5.42. The van der Waals surface area contributed by atoms with Crippen molar-refractivity contribution < 1.29 is 22.8 Å². The zero-order chi connectivity index (χ0) is 25.0. The molecule has 1 heterocycles. The van der Waals surface area contributed by atoms with Crippen molar-refractivity contribution in [2.24, 2.45) is 5.92 Å². The second-order valence-corrected chi connectivity index (χ2v) is 10.8. The Balaban J connectivity index is 1.79. The highest BCUT2D eigenvalue weighted by Gasteiger charge is 2.41. The number of carbonyl (C=O) groups excluding carboxylic acids is 3. The quantitative estimate of drug-likeness (QED) is 0.564. The highest BCUT2D eigenvalue weighted by molar-refractivity contribution is 7.90. The molecule has 0 radical (unpaired) electrons. The van der Waals surface area contributed by atoms with E-state index in [-0.39, 0.29) is 41.8 Å². The summed E-state index contributed by atoms with van der Waals surface area (Å²) in [7, 11) is -4.02. The van der Waals surface area contributed by atoms with Gasteiger partial charge in [0.1, 0.15) is 10.9 Å². The Morgan fingerprint density at radius 3 is 2.35 bits per heavy atom. The lowest BCUT2D eigenvalue weighted by Crippen LogP contribution is -2.49. The van der Waals surface area contributed by atoms with Gasteiger partial charge in [-0.15, -0.1) is 0 Å². The first-order chi connectivity index (χ1) is 16.0. The minimum absolute atomic E-state index is 0.0652. The van der Waals surface area contributed by atoms with Gasteiger partial charge in [-0.2, -0.15) is 0 Å². The van der Waals surface area contributed by atoms with Gasteiger partial charge in [0.2, 0.25) is 11.8 Å². The monoisotopic (exact) mass is 505 g/mol. The maximum Gasteiger partial charge on any atom is 0.269 e. The number of rotatable bonds is 9. The van der Waals surface area contributed by atoms with Gasteiger partial charge in [0.25, 0.3) is 15.9 Å². The molecule has 0 aliphatic carbocycles. The van der Waals surface area contributed by atoms with Crippen LogP contribution >= 0.6 is 11.6 Å². The molecule has 2 aromatic carbocycles. The minimum atomic E-state index is -4.02. The summed E-state index contributed by atoms with van der Waals surface area (Å²) in [6.07, 6.45) is -0.273. The van der Waals surface area contributed by atoms with Gasteiger partial charge in [-0.1, -0.05) is 55.8 Å². The number of fused-ring (bicyclic) bond motifs is 1. The first-order valence-corrected chi connectivity index (χ1v) is 12.8. The molecule has 3 amide bonds. The second-order valence-electron chi connectivity index (χ2n) is 8.56. The second kappa shape index (κ2) is 10.6. The Kier molecular flexibility index (Phi) is 7.99. The number of hydrogen-bond donors (Lipinski definition) is 1. The molecule has 182 valence electrons. The van der Waals surface area contributed by atoms with Crippen LogP contribution in [0.15, 0.2) is 53.4 Å². The number of nitrogens with one attached hydrogen (secondary N) is 1. The van der Waals surface area contributed by atoms with Crippen molar-refractivity contribution >= 4 is 39.3 Å². The van der Waals surface area contributed by atoms with E-state index in [1.54, 1.807) is 43.3 Å². The van der Waals surface area contributed by atoms with E-state index in [4.69, 9.17) is 11.6 Å². The number of hydrogen-bond acceptors (Lipinski definition) is 5. The molecule has 1 aliphatic heterocycles. The Morgan fingerprint density at radius 1 is 1.06 bits per heavy atom. The van der Waals surface area contributed by atoms with Crippen LogP contribution in [-0.4, -0.2) is 54.5 Å². The van der Waals surface area contributed by atoms with Crippen molar-refractivity contribution in [3.05, 3.63) is 64.7 Å². The van der Waals surface area contributed by atoms with E-state index in [1.165, 1.54) is 17.0 Å². The number of halogens is 1. The van der Waals surface area contributed by atoms with Crippen LogP contribution in [0.25, 0.3) is 0 Å². The van der Waals surface area contributed by atoms with Crippen molar-refractivity contribution in [3.8, 4) is 0 Å². The SMILES string of the molecule is CC(C)CNC(=O)[C@H](C)N(Cc1ccccc1Cl)C(=O)CCN1C(=O)c2ccccc2S1(=O)=O. The summed E-state index contributed by atoms with van der Waals surface area (Å²) in [5.41, 5.74) is 0.739. The van der Waals surface area contributed by atoms with Crippen LogP contribution in [0.4, 0.5) is 0 Å². The lowest BCUT2D eigenvalue weighted by Gasteiger charge is -2.30. The van der Waals surface area contributed by atoms with Crippen molar-refractivity contribution in [1.29, 1.82) is 0 Å². The van der Waals surface area contributed by atoms with Crippen molar-refractivity contribution in [2.45, 2.75) is 44.7 Å². The summed E-state index contributed by atoms with van der Waals surface area (Å²) in [5.74, 6) is -1.22. The number of nitrogens with zero attached hydrogens (tertiary/aromatic N) is 2. The molecule has 3 rings (SSSR count). The zero-order valence-corrected chi connectivity index (χ0v) is 20.9. The third-order valence-corrected chi connectivity index (χ3v) is 7.80. The molecule has 0 spiro atoms. The van der Waals surface area contributed by atoms with Crippen molar-refractivity contribution in [2.75, 3.05) is 13.1 Å². The van der Waals surface area contributed by atoms with Crippen LogP contribution in [0, 0.1) is 5.92 Å². The topological polar surface area (TPSA) is 104 Å². The first-order valence-electron chi connectivity index (χ1n) is 11.0. The predicted molar refractivity (Wildman–Crippen MR) is 129 cm³/mol. The normalized spacial score (nSPS) is 15.2. The van der Waals surface area contributed by atoms with Gasteiger partial charge in [0, 0.05) is 31.1 Å². The summed E-state index contributed by atoms with van der Waals surface area (Å²) in [4.78, 5) is 39.9. The molecule has 0 saturated carbocycles. The Morgan fingerprint density at radius 2 is 1.71 bits per heavy atom. The number of amides is 3. The molecule has 0 bridgehead atoms. The summed E-state index contributed by atoms with van der Waals surface area (Å²) < 4.78 is 26.3. The fraction of sp³-hybridized carbons (Fsp3) is 0.375. The maximum absolute atomic E-state index is 13.3. The predicted octanol–water partition coefficient (Wildman–Crippen LogP) is 3.06. The average Bonchev–Trinajstić information content (AvgIpc) is 3.00. The van der Waals surface area contributed by atoms with E-state index in [0.717, 1.165) is 0 Å². The molecule has 1 N–H and O–H groups in total. The number of sulfonamides is 1. The van der Waals surface area contributed by atoms with Gasteiger partial charge in [-0.3, -0.25) is 14.4 Å². The highest BCUT2D eigenvalue weighted by atomic mass is 35.5. The molecule has 2 aromatic rings. The van der Waals surface area contributed by atoms with Gasteiger partial charge < -0.3 is 10.2 Å². The van der Waals surface area contributed by atoms with Crippen LogP contribution in [0.5, 0.6) is 0 Å². The summed E-state index contributed by atoms with van der Waals surface area (Å²) in [5, 5.41) is 3.27. The van der Waals surface area contributed by atoms with Gasteiger partial charge in [0.05, 0.1) is 5.56 Å². The number of carbonyl (C=O) groups is 3. The molecule has 1 aliphatic rings. The van der Waals surface area contributed by atoms with Crippen molar-refractivity contribution in [3.63, 3.8) is 0 Å². The fourth-order valence-corrected chi connectivity index (χ4v) is 5.40. The lowest BCUT2D eigenvalue weighted by atomic mass is 10.1. The first kappa shape index (κ1) is 25.7. The molecular weight excluding hydrogens is 478 g/mol. The molecule has 0 fully saturated rings. The summed E-state index contributed by atoms with van der Waals surface area (Å²) in [6, 6.07) is 12.1. The van der Waals surface area contributed by atoms with Crippen LogP contribution < -0.4 is 5.32 Å². The van der Waals surface area contributed by atoms with Gasteiger partial charge in [0.15, 0.2) is 0 Å². The van der Waals surface area contributed by atoms with E-state index in [2.05, 4.69) is 5.32 Å². The Labute approximate surface area is 204 Å². The lowest BCUT2D eigenvalue weighted by molar-refractivity contribution is -0.140. The maximum atomic E-state index is 13.3. The van der Waals surface area contributed by atoms with Crippen molar-refractivity contribution in [1.82, 2.24) is 14.5 Å². The third-order valence-electron chi connectivity index (χ3n) is 5.59. The summed E-state index contributed by atoms with van der Waals surface area (Å²) in [6.45, 7) is 5.73. The Hall–Kier alpha value is -2.91. The van der Waals surface area contributed by atoms with Crippen LogP contribution in [0.3, 0.4) is 0 Å². The molecular formula is C24H28ClN3O5S. The van der Waals surface area contributed by atoms with Gasteiger partial charge >= 0.3 is 0 Å². The van der Waals surface area contributed by atoms with Crippen LogP contribution in [0.2, 0.25) is 5.02 Å². The molecule has 0 saturated heterocycles. The van der Waals surface area contributed by atoms with Gasteiger partial charge in [-0.05, 0) is 36.6 Å².